The number of benzene rings is 1. The van der Waals surface area contributed by atoms with Crippen LogP contribution in [-0.4, -0.2) is 5.78 Å². The highest BCUT2D eigenvalue weighted by Crippen LogP contribution is 2.40. The zero-order valence-corrected chi connectivity index (χ0v) is 13.4. The Balaban J connectivity index is 1.97. The van der Waals surface area contributed by atoms with Gasteiger partial charge >= 0.3 is 0 Å². The molecule has 0 spiro atoms. The molecule has 0 radical (unpaired) electrons. The van der Waals surface area contributed by atoms with Gasteiger partial charge in [0.2, 0.25) is 0 Å². The molecule has 0 saturated carbocycles. The van der Waals surface area contributed by atoms with E-state index in [1.807, 2.05) is 30.3 Å². The first-order valence-corrected chi connectivity index (χ1v) is 8.39. The maximum atomic E-state index is 12.7. The van der Waals surface area contributed by atoms with E-state index in [9.17, 15) is 4.79 Å². The smallest absolute Gasteiger partial charge is 0.196 e. The van der Waals surface area contributed by atoms with Crippen molar-refractivity contribution in [1.82, 2.24) is 0 Å². The standard InChI is InChI=1S/C18H21NOS/c1-11(2)13-8-9-14-15(10-13)21-18(19)16(14)17(20)12-6-4-3-5-7-12/h3-7,11,13H,8-10,19H2,1-2H3. The van der Waals surface area contributed by atoms with Crippen LogP contribution in [0.5, 0.6) is 0 Å². The van der Waals surface area contributed by atoms with Crippen LogP contribution in [0.2, 0.25) is 0 Å². The van der Waals surface area contributed by atoms with Crippen LogP contribution in [0.4, 0.5) is 5.00 Å². The molecule has 1 aliphatic rings. The molecule has 110 valence electrons. The van der Waals surface area contributed by atoms with Gasteiger partial charge in [0.15, 0.2) is 5.78 Å². The molecular formula is C18H21NOS. The maximum absolute atomic E-state index is 12.7. The second kappa shape index (κ2) is 5.64. The normalized spacial score (nSPS) is 17.8. The number of fused-ring (bicyclic) bond motifs is 1. The first kappa shape index (κ1) is 14.3. The number of carbonyl (C=O) groups excluding carboxylic acids is 1. The molecule has 2 N–H and O–H groups in total. The monoisotopic (exact) mass is 299 g/mol. The number of hydrogen-bond acceptors (Lipinski definition) is 3. The number of hydrogen-bond donors (Lipinski definition) is 1. The van der Waals surface area contributed by atoms with Crippen molar-refractivity contribution in [3.05, 3.63) is 51.9 Å². The second-order valence-electron chi connectivity index (χ2n) is 6.19. The lowest BCUT2D eigenvalue weighted by Crippen LogP contribution is -2.19. The van der Waals surface area contributed by atoms with Crippen LogP contribution in [0.25, 0.3) is 0 Å². The van der Waals surface area contributed by atoms with Crippen molar-refractivity contribution in [1.29, 1.82) is 0 Å². The van der Waals surface area contributed by atoms with Gasteiger partial charge in [-0.2, -0.15) is 0 Å². The maximum Gasteiger partial charge on any atom is 0.196 e. The fourth-order valence-corrected chi connectivity index (χ4v) is 4.39. The summed E-state index contributed by atoms with van der Waals surface area (Å²) in [6.45, 7) is 4.56. The van der Waals surface area contributed by atoms with Gasteiger partial charge in [-0.25, -0.2) is 0 Å². The van der Waals surface area contributed by atoms with Crippen molar-refractivity contribution < 1.29 is 4.79 Å². The molecule has 3 rings (SSSR count). The minimum atomic E-state index is 0.0774. The highest BCUT2D eigenvalue weighted by atomic mass is 32.1. The van der Waals surface area contributed by atoms with E-state index < -0.39 is 0 Å². The fourth-order valence-electron chi connectivity index (χ4n) is 3.18. The quantitative estimate of drug-likeness (QED) is 0.858. The van der Waals surface area contributed by atoms with Crippen LogP contribution in [0, 0.1) is 11.8 Å². The van der Waals surface area contributed by atoms with Gasteiger partial charge in [-0.3, -0.25) is 4.79 Å². The SMILES string of the molecule is CC(C)C1CCc2c(sc(N)c2C(=O)c2ccccc2)C1. The van der Waals surface area contributed by atoms with E-state index in [-0.39, 0.29) is 5.78 Å². The Kier molecular flexibility index (Phi) is 3.85. The summed E-state index contributed by atoms with van der Waals surface area (Å²) < 4.78 is 0. The lowest BCUT2D eigenvalue weighted by molar-refractivity contribution is 0.103. The highest BCUT2D eigenvalue weighted by Gasteiger charge is 2.29. The molecule has 3 heteroatoms. The zero-order valence-electron chi connectivity index (χ0n) is 12.6. The van der Waals surface area contributed by atoms with E-state index in [0.717, 1.165) is 36.3 Å². The third-order valence-corrected chi connectivity index (χ3v) is 5.62. The summed E-state index contributed by atoms with van der Waals surface area (Å²) in [7, 11) is 0. The van der Waals surface area contributed by atoms with Gasteiger partial charge in [-0.1, -0.05) is 44.2 Å². The largest absolute Gasteiger partial charge is 0.390 e. The van der Waals surface area contributed by atoms with Crippen LogP contribution in [0.3, 0.4) is 0 Å². The van der Waals surface area contributed by atoms with Crippen molar-refractivity contribution in [2.75, 3.05) is 5.73 Å². The number of ketones is 1. The second-order valence-corrected chi connectivity index (χ2v) is 7.32. The van der Waals surface area contributed by atoms with Crippen LogP contribution in [-0.2, 0) is 12.8 Å². The third kappa shape index (κ3) is 2.62. The summed E-state index contributed by atoms with van der Waals surface area (Å²) in [5.41, 5.74) is 8.89. The minimum absolute atomic E-state index is 0.0774. The molecule has 1 heterocycles. The summed E-state index contributed by atoms with van der Waals surface area (Å²) in [5, 5.41) is 0.693. The molecule has 0 amide bonds. The Labute approximate surface area is 130 Å². The molecule has 21 heavy (non-hydrogen) atoms. The molecule has 1 aromatic heterocycles. The first-order valence-electron chi connectivity index (χ1n) is 7.57. The van der Waals surface area contributed by atoms with E-state index >= 15 is 0 Å². The molecule has 2 nitrogen and oxygen atoms in total. The number of carbonyl (C=O) groups is 1. The number of anilines is 1. The third-order valence-electron chi connectivity index (χ3n) is 4.54. The molecule has 1 unspecified atom stereocenters. The van der Waals surface area contributed by atoms with E-state index in [0.29, 0.717) is 10.9 Å². The molecule has 0 saturated heterocycles. The Morgan fingerprint density at radius 2 is 2.00 bits per heavy atom. The molecule has 1 atom stereocenters. The van der Waals surface area contributed by atoms with Crippen LogP contribution in [0.15, 0.2) is 30.3 Å². The summed E-state index contributed by atoms with van der Waals surface area (Å²) in [6, 6.07) is 9.46. The summed E-state index contributed by atoms with van der Waals surface area (Å²) >= 11 is 1.62. The van der Waals surface area contributed by atoms with Crippen molar-refractivity contribution >= 4 is 22.1 Å². The van der Waals surface area contributed by atoms with Gasteiger partial charge in [-0.05, 0) is 36.7 Å². The Morgan fingerprint density at radius 3 is 2.67 bits per heavy atom. The lowest BCUT2D eigenvalue weighted by atomic mass is 9.80. The van der Waals surface area contributed by atoms with E-state index in [2.05, 4.69) is 13.8 Å². The van der Waals surface area contributed by atoms with Gasteiger partial charge < -0.3 is 5.73 Å². The van der Waals surface area contributed by atoms with Gasteiger partial charge in [0, 0.05) is 10.4 Å². The summed E-state index contributed by atoms with van der Waals surface area (Å²) in [4.78, 5) is 14.1. The molecule has 0 bridgehead atoms. The molecule has 2 aromatic rings. The molecule has 1 aliphatic carbocycles. The average Bonchev–Trinajstić information content (AvgIpc) is 2.82. The van der Waals surface area contributed by atoms with Gasteiger partial charge in [-0.15, -0.1) is 11.3 Å². The van der Waals surface area contributed by atoms with Crippen molar-refractivity contribution in [3.8, 4) is 0 Å². The fraction of sp³-hybridized carbons (Fsp3) is 0.389. The predicted molar refractivity (Wildman–Crippen MR) is 89.0 cm³/mol. The summed E-state index contributed by atoms with van der Waals surface area (Å²) in [5.74, 6) is 1.48. The zero-order chi connectivity index (χ0) is 15.0. The van der Waals surface area contributed by atoms with Crippen molar-refractivity contribution in [2.45, 2.75) is 33.1 Å². The lowest BCUT2D eigenvalue weighted by Gasteiger charge is -2.25. The number of nitrogen functional groups attached to an aromatic ring is 1. The number of thiophene rings is 1. The molecular weight excluding hydrogens is 278 g/mol. The number of rotatable bonds is 3. The van der Waals surface area contributed by atoms with Gasteiger partial charge in [0.05, 0.1) is 10.6 Å². The van der Waals surface area contributed by atoms with E-state index in [1.54, 1.807) is 11.3 Å². The van der Waals surface area contributed by atoms with E-state index in [4.69, 9.17) is 5.73 Å². The van der Waals surface area contributed by atoms with Crippen LogP contribution in [0.1, 0.15) is 46.6 Å². The molecule has 0 aliphatic heterocycles. The first-order chi connectivity index (χ1) is 10.1. The number of nitrogens with two attached hydrogens (primary N) is 1. The highest BCUT2D eigenvalue weighted by molar-refractivity contribution is 7.16. The van der Waals surface area contributed by atoms with Crippen LogP contribution < -0.4 is 5.73 Å². The molecule has 1 aromatic carbocycles. The van der Waals surface area contributed by atoms with Gasteiger partial charge in [0.1, 0.15) is 0 Å². The van der Waals surface area contributed by atoms with Crippen molar-refractivity contribution in [2.24, 2.45) is 11.8 Å². The average molecular weight is 299 g/mol. The molecule has 0 fully saturated rings. The Morgan fingerprint density at radius 1 is 1.29 bits per heavy atom. The van der Waals surface area contributed by atoms with Crippen LogP contribution >= 0.6 is 11.3 Å². The summed E-state index contributed by atoms with van der Waals surface area (Å²) in [6.07, 6.45) is 3.22. The van der Waals surface area contributed by atoms with Crippen molar-refractivity contribution in [3.63, 3.8) is 0 Å². The van der Waals surface area contributed by atoms with Gasteiger partial charge in [0.25, 0.3) is 0 Å². The van der Waals surface area contributed by atoms with E-state index in [1.165, 1.54) is 10.4 Å². The minimum Gasteiger partial charge on any atom is -0.390 e. The predicted octanol–water partition coefficient (Wildman–Crippen LogP) is 4.32. The Bertz CT molecular complexity index is 657. The topological polar surface area (TPSA) is 43.1 Å². The Hall–Kier alpha value is -1.61.